The van der Waals surface area contributed by atoms with Crippen LogP contribution in [-0.4, -0.2) is 10.8 Å². The Bertz CT molecular complexity index is 736. The summed E-state index contributed by atoms with van der Waals surface area (Å²) in [5, 5.41) is 24.2. The van der Waals surface area contributed by atoms with Gasteiger partial charge in [-0.05, 0) is 17.5 Å². The van der Waals surface area contributed by atoms with Crippen LogP contribution in [-0.2, 0) is 0 Å². The molecule has 1 aromatic carbocycles. The van der Waals surface area contributed by atoms with Crippen molar-refractivity contribution in [1.29, 1.82) is 5.26 Å². The summed E-state index contributed by atoms with van der Waals surface area (Å²) in [5.41, 5.74) is 0.0781. The Labute approximate surface area is 122 Å². The maximum absolute atomic E-state index is 12.1. The van der Waals surface area contributed by atoms with Crippen LogP contribution in [0.1, 0.15) is 15.9 Å². The minimum absolute atomic E-state index is 0.0156. The minimum atomic E-state index is -0.612. The number of rotatable bonds is 3. The SMILES string of the molecule is N#Cc1ccsc1NC(=O)c1cc([N+](=O)[O-])ccc1Cl. The number of anilines is 1. The Morgan fingerprint density at radius 2 is 2.20 bits per heavy atom. The maximum atomic E-state index is 12.1. The number of hydrogen-bond acceptors (Lipinski definition) is 5. The summed E-state index contributed by atoms with van der Waals surface area (Å²) in [6.45, 7) is 0. The van der Waals surface area contributed by atoms with Crippen molar-refractivity contribution in [1.82, 2.24) is 0 Å². The molecule has 0 spiro atoms. The Morgan fingerprint density at radius 3 is 2.85 bits per heavy atom. The molecule has 100 valence electrons. The standard InChI is InChI=1S/C12H6ClN3O3S/c13-10-2-1-8(16(18)19)5-9(10)11(17)15-12-7(6-14)3-4-20-12/h1-5H,(H,15,17). The summed E-state index contributed by atoms with van der Waals surface area (Å²) in [6, 6.07) is 7.09. The van der Waals surface area contributed by atoms with Gasteiger partial charge in [0.15, 0.2) is 0 Å². The van der Waals surface area contributed by atoms with Crippen LogP contribution in [0.25, 0.3) is 0 Å². The summed E-state index contributed by atoms with van der Waals surface area (Å²) in [7, 11) is 0. The molecule has 0 aliphatic heterocycles. The first-order valence-corrected chi connectivity index (χ1v) is 6.51. The molecule has 0 unspecified atom stereocenters. The van der Waals surface area contributed by atoms with Gasteiger partial charge < -0.3 is 5.32 Å². The van der Waals surface area contributed by atoms with Crippen LogP contribution in [0.4, 0.5) is 10.7 Å². The zero-order valence-corrected chi connectivity index (χ0v) is 11.4. The number of nitro groups is 1. The number of carbonyl (C=O) groups excluding carboxylic acids is 1. The number of amides is 1. The number of thiophene rings is 1. The maximum Gasteiger partial charge on any atom is 0.270 e. The largest absolute Gasteiger partial charge is 0.312 e. The third kappa shape index (κ3) is 2.77. The zero-order chi connectivity index (χ0) is 14.7. The molecule has 2 aromatic rings. The monoisotopic (exact) mass is 307 g/mol. The van der Waals surface area contributed by atoms with Crippen molar-refractivity contribution in [3.8, 4) is 6.07 Å². The van der Waals surface area contributed by atoms with Gasteiger partial charge in [0.1, 0.15) is 11.1 Å². The number of halogens is 1. The number of nitrogens with one attached hydrogen (secondary N) is 1. The van der Waals surface area contributed by atoms with Crippen molar-refractivity contribution < 1.29 is 9.72 Å². The second-order valence-corrected chi connectivity index (χ2v) is 4.97. The highest BCUT2D eigenvalue weighted by molar-refractivity contribution is 7.14. The van der Waals surface area contributed by atoms with E-state index in [1.807, 2.05) is 6.07 Å². The fraction of sp³-hybridized carbons (Fsp3) is 0. The third-order valence-electron chi connectivity index (χ3n) is 2.42. The number of nitrogens with zero attached hydrogens (tertiary/aromatic N) is 2. The molecule has 0 bridgehead atoms. The Kier molecular flexibility index (Phi) is 3.98. The first-order chi connectivity index (χ1) is 9.52. The highest BCUT2D eigenvalue weighted by Gasteiger charge is 2.17. The second-order valence-electron chi connectivity index (χ2n) is 3.65. The van der Waals surface area contributed by atoms with Crippen LogP contribution in [0.2, 0.25) is 5.02 Å². The van der Waals surface area contributed by atoms with E-state index in [0.29, 0.717) is 10.6 Å². The highest BCUT2D eigenvalue weighted by atomic mass is 35.5. The van der Waals surface area contributed by atoms with Crippen LogP contribution >= 0.6 is 22.9 Å². The number of hydrogen-bond donors (Lipinski definition) is 1. The van der Waals surface area contributed by atoms with Crippen molar-refractivity contribution in [3.05, 3.63) is 55.9 Å². The van der Waals surface area contributed by atoms with E-state index < -0.39 is 10.8 Å². The lowest BCUT2D eigenvalue weighted by molar-refractivity contribution is -0.384. The van der Waals surface area contributed by atoms with Crippen molar-refractivity contribution in [2.45, 2.75) is 0 Å². The molecule has 20 heavy (non-hydrogen) atoms. The molecule has 0 aliphatic carbocycles. The summed E-state index contributed by atoms with van der Waals surface area (Å²) < 4.78 is 0. The molecule has 0 saturated heterocycles. The summed E-state index contributed by atoms with van der Waals surface area (Å²) >= 11 is 7.05. The molecule has 1 N–H and O–H groups in total. The van der Waals surface area contributed by atoms with Crippen LogP contribution in [0, 0.1) is 21.4 Å². The summed E-state index contributed by atoms with van der Waals surface area (Å²) in [5.74, 6) is -0.599. The van der Waals surface area contributed by atoms with E-state index in [0.717, 1.165) is 6.07 Å². The summed E-state index contributed by atoms with van der Waals surface area (Å²) in [6.07, 6.45) is 0. The highest BCUT2D eigenvalue weighted by Crippen LogP contribution is 2.26. The van der Waals surface area contributed by atoms with Gasteiger partial charge in [0.05, 0.1) is 21.1 Å². The van der Waals surface area contributed by atoms with E-state index in [1.54, 1.807) is 11.4 Å². The van der Waals surface area contributed by atoms with Crippen molar-refractivity contribution in [3.63, 3.8) is 0 Å². The van der Waals surface area contributed by atoms with E-state index in [1.165, 1.54) is 23.5 Å². The normalized spacial score (nSPS) is 9.80. The van der Waals surface area contributed by atoms with Gasteiger partial charge in [-0.25, -0.2) is 0 Å². The average molecular weight is 308 g/mol. The predicted octanol–water partition coefficient (Wildman–Crippen LogP) is 3.43. The van der Waals surface area contributed by atoms with Gasteiger partial charge in [0, 0.05) is 12.1 Å². The Hall–Kier alpha value is -2.43. The van der Waals surface area contributed by atoms with E-state index in [-0.39, 0.29) is 16.3 Å². The minimum Gasteiger partial charge on any atom is -0.312 e. The molecule has 2 rings (SSSR count). The lowest BCUT2D eigenvalue weighted by Crippen LogP contribution is -2.12. The number of benzene rings is 1. The van der Waals surface area contributed by atoms with E-state index >= 15 is 0 Å². The summed E-state index contributed by atoms with van der Waals surface area (Å²) in [4.78, 5) is 22.1. The fourth-order valence-corrected chi connectivity index (χ4v) is 2.40. The number of nitro benzene ring substituents is 1. The molecule has 0 fully saturated rings. The molecule has 6 nitrogen and oxygen atoms in total. The Morgan fingerprint density at radius 1 is 1.45 bits per heavy atom. The number of non-ortho nitro benzene ring substituents is 1. The molecule has 1 amide bonds. The smallest absolute Gasteiger partial charge is 0.270 e. The van der Waals surface area contributed by atoms with Crippen LogP contribution in [0.3, 0.4) is 0 Å². The van der Waals surface area contributed by atoms with Crippen molar-refractivity contribution >= 4 is 39.5 Å². The van der Waals surface area contributed by atoms with Gasteiger partial charge in [-0.15, -0.1) is 11.3 Å². The van der Waals surface area contributed by atoms with Crippen LogP contribution in [0.5, 0.6) is 0 Å². The van der Waals surface area contributed by atoms with Crippen molar-refractivity contribution in [2.75, 3.05) is 5.32 Å². The lowest BCUT2D eigenvalue weighted by Gasteiger charge is -2.05. The molecule has 0 atom stereocenters. The average Bonchev–Trinajstić information content (AvgIpc) is 2.86. The molecule has 1 aromatic heterocycles. The zero-order valence-electron chi connectivity index (χ0n) is 9.79. The number of carbonyl (C=O) groups is 1. The van der Waals surface area contributed by atoms with Gasteiger partial charge in [-0.3, -0.25) is 14.9 Å². The van der Waals surface area contributed by atoms with Gasteiger partial charge in [-0.2, -0.15) is 5.26 Å². The van der Waals surface area contributed by atoms with Crippen LogP contribution in [0.15, 0.2) is 29.6 Å². The first-order valence-electron chi connectivity index (χ1n) is 5.26. The predicted molar refractivity (Wildman–Crippen MR) is 75.1 cm³/mol. The molecular formula is C12H6ClN3O3S. The Balaban J connectivity index is 2.32. The van der Waals surface area contributed by atoms with E-state index in [9.17, 15) is 14.9 Å². The molecule has 1 heterocycles. The van der Waals surface area contributed by atoms with Gasteiger partial charge >= 0.3 is 0 Å². The molecular weight excluding hydrogens is 302 g/mol. The first kappa shape index (κ1) is 14.0. The lowest BCUT2D eigenvalue weighted by atomic mass is 10.2. The molecule has 0 aliphatic rings. The van der Waals surface area contributed by atoms with Gasteiger partial charge in [-0.1, -0.05) is 11.6 Å². The quantitative estimate of drug-likeness (QED) is 0.694. The second kappa shape index (κ2) is 5.69. The van der Waals surface area contributed by atoms with E-state index in [2.05, 4.69) is 5.32 Å². The van der Waals surface area contributed by atoms with E-state index in [4.69, 9.17) is 16.9 Å². The van der Waals surface area contributed by atoms with Crippen LogP contribution < -0.4 is 5.32 Å². The molecule has 8 heteroatoms. The fourth-order valence-electron chi connectivity index (χ4n) is 1.47. The third-order valence-corrected chi connectivity index (χ3v) is 3.58. The van der Waals surface area contributed by atoms with Gasteiger partial charge in [0.2, 0.25) is 0 Å². The molecule has 0 radical (unpaired) electrons. The molecule has 0 saturated carbocycles. The van der Waals surface area contributed by atoms with Gasteiger partial charge in [0.25, 0.3) is 11.6 Å². The van der Waals surface area contributed by atoms with Crippen molar-refractivity contribution in [2.24, 2.45) is 0 Å². The topological polar surface area (TPSA) is 96.0 Å². The number of nitriles is 1.